The second-order valence-electron chi connectivity index (χ2n) is 5.04. The summed E-state index contributed by atoms with van der Waals surface area (Å²) >= 11 is 5.93. The van der Waals surface area contributed by atoms with E-state index in [0.29, 0.717) is 17.6 Å². The van der Waals surface area contributed by atoms with Gasteiger partial charge in [-0.1, -0.05) is 25.4 Å². The molecule has 3 unspecified atom stereocenters. The topological polar surface area (TPSA) is 57.8 Å². The lowest BCUT2D eigenvalue weighted by Gasteiger charge is -2.33. The number of aromatic nitrogens is 2. The first-order valence-electron chi connectivity index (χ1n) is 6.07. The minimum Gasteiger partial charge on any atom is -0.380 e. The molecule has 1 heterocycles. The minimum atomic E-state index is -0.339. The van der Waals surface area contributed by atoms with Gasteiger partial charge in [0.2, 0.25) is 0 Å². The number of nitrogens with zero attached hydrogens (tertiary/aromatic N) is 1. The maximum Gasteiger partial charge on any atom is 0.285 e. The van der Waals surface area contributed by atoms with E-state index in [-0.39, 0.29) is 10.6 Å². The maximum atomic E-state index is 11.3. The summed E-state index contributed by atoms with van der Waals surface area (Å²) < 4.78 is 0. The molecule has 0 bridgehead atoms. The largest absolute Gasteiger partial charge is 0.380 e. The van der Waals surface area contributed by atoms with Crippen molar-refractivity contribution < 1.29 is 0 Å². The molecular weight excluding hydrogens is 238 g/mol. The average Bonchev–Trinajstić information content (AvgIpc) is 2.30. The van der Waals surface area contributed by atoms with Gasteiger partial charge in [-0.3, -0.25) is 4.79 Å². The first-order chi connectivity index (χ1) is 8.08. The number of aromatic amines is 1. The lowest BCUT2D eigenvalue weighted by Crippen LogP contribution is -2.31. The van der Waals surface area contributed by atoms with Crippen molar-refractivity contribution >= 4 is 17.3 Å². The van der Waals surface area contributed by atoms with Crippen molar-refractivity contribution in [3.05, 3.63) is 21.6 Å². The standard InChI is InChI=1S/C12H18ClN3O/c1-7-3-4-9(5-8(7)2)15-10-6-14-16-12(17)11(10)13/h6-9H,3-5H2,1-2H3,(H2,15,16,17). The van der Waals surface area contributed by atoms with Crippen LogP contribution < -0.4 is 10.9 Å². The fraction of sp³-hybridized carbons (Fsp3) is 0.667. The molecule has 94 valence electrons. The Morgan fingerprint density at radius 3 is 2.88 bits per heavy atom. The molecule has 0 saturated heterocycles. The molecule has 0 amide bonds. The van der Waals surface area contributed by atoms with Gasteiger partial charge in [0.15, 0.2) is 0 Å². The van der Waals surface area contributed by atoms with Crippen LogP contribution in [0.5, 0.6) is 0 Å². The van der Waals surface area contributed by atoms with Gasteiger partial charge in [0.25, 0.3) is 5.56 Å². The van der Waals surface area contributed by atoms with Crippen LogP contribution in [0.25, 0.3) is 0 Å². The molecule has 4 nitrogen and oxygen atoms in total. The number of anilines is 1. The monoisotopic (exact) mass is 255 g/mol. The molecule has 2 rings (SSSR count). The van der Waals surface area contributed by atoms with Gasteiger partial charge in [-0.25, -0.2) is 5.10 Å². The Hall–Kier alpha value is -1.03. The normalized spacial score (nSPS) is 29.0. The molecule has 1 aromatic heterocycles. The van der Waals surface area contributed by atoms with Crippen LogP contribution in [0.2, 0.25) is 5.02 Å². The van der Waals surface area contributed by atoms with Crippen LogP contribution >= 0.6 is 11.6 Å². The molecule has 1 aromatic rings. The van der Waals surface area contributed by atoms with Crippen molar-refractivity contribution in [3.8, 4) is 0 Å². The first kappa shape index (κ1) is 12.4. The van der Waals surface area contributed by atoms with Crippen LogP contribution in [-0.2, 0) is 0 Å². The summed E-state index contributed by atoms with van der Waals surface area (Å²) in [5.74, 6) is 1.48. The van der Waals surface area contributed by atoms with E-state index in [1.807, 2.05) is 0 Å². The molecule has 1 saturated carbocycles. The zero-order valence-electron chi connectivity index (χ0n) is 10.2. The molecule has 0 spiro atoms. The van der Waals surface area contributed by atoms with E-state index >= 15 is 0 Å². The van der Waals surface area contributed by atoms with E-state index < -0.39 is 0 Å². The fourth-order valence-corrected chi connectivity index (χ4v) is 2.53. The molecule has 2 N–H and O–H groups in total. The summed E-state index contributed by atoms with van der Waals surface area (Å²) in [6.07, 6.45) is 5.03. The summed E-state index contributed by atoms with van der Waals surface area (Å²) in [6, 6.07) is 0.391. The third-order valence-electron chi connectivity index (χ3n) is 3.75. The van der Waals surface area contributed by atoms with E-state index in [0.717, 1.165) is 18.8 Å². The lowest BCUT2D eigenvalue weighted by molar-refractivity contribution is 0.261. The zero-order chi connectivity index (χ0) is 12.4. The van der Waals surface area contributed by atoms with Crippen molar-refractivity contribution in [2.24, 2.45) is 11.8 Å². The van der Waals surface area contributed by atoms with E-state index in [9.17, 15) is 4.79 Å². The Morgan fingerprint density at radius 1 is 1.41 bits per heavy atom. The molecule has 1 fully saturated rings. The van der Waals surface area contributed by atoms with Crippen LogP contribution in [0.15, 0.2) is 11.0 Å². The van der Waals surface area contributed by atoms with Gasteiger partial charge in [0.1, 0.15) is 5.02 Å². The van der Waals surface area contributed by atoms with Crippen LogP contribution in [-0.4, -0.2) is 16.2 Å². The molecule has 1 aliphatic rings. The molecule has 17 heavy (non-hydrogen) atoms. The smallest absolute Gasteiger partial charge is 0.285 e. The molecule has 0 aromatic carbocycles. The van der Waals surface area contributed by atoms with E-state index in [4.69, 9.17) is 11.6 Å². The summed E-state index contributed by atoms with van der Waals surface area (Å²) in [5, 5.41) is 9.60. The highest BCUT2D eigenvalue weighted by molar-refractivity contribution is 6.32. The van der Waals surface area contributed by atoms with Gasteiger partial charge in [-0.2, -0.15) is 5.10 Å². The summed E-state index contributed by atoms with van der Waals surface area (Å²) in [5.41, 5.74) is 0.302. The summed E-state index contributed by atoms with van der Waals surface area (Å²) in [6.45, 7) is 4.57. The van der Waals surface area contributed by atoms with Crippen LogP contribution in [0.3, 0.4) is 0 Å². The number of rotatable bonds is 2. The van der Waals surface area contributed by atoms with Gasteiger partial charge in [-0.05, 0) is 31.1 Å². The van der Waals surface area contributed by atoms with Gasteiger partial charge in [0, 0.05) is 6.04 Å². The van der Waals surface area contributed by atoms with Crippen molar-refractivity contribution in [2.45, 2.75) is 39.2 Å². The highest BCUT2D eigenvalue weighted by atomic mass is 35.5. The predicted octanol–water partition coefficient (Wildman–Crippen LogP) is 2.66. The Bertz CT molecular complexity index is 446. The van der Waals surface area contributed by atoms with Gasteiger partial charge in [0.05, 0.1) is 11.9 Å². The predicted molar refractivity (Wildman–Crippen MR) is 69.5 cm³/mol. The van der Waals surface area contributed by atoms with Gasteiger partial charge < -0.3 is 5.32 Å². The van der Waals surface area contributed by atoms with Crippen molar-refractivity contribution in [1.82, 2.24) is 10.2 Å². The Balaban J connectivity index is 2.06. The van der Waals surface area contributed by atoms with Crippen LogP contribution in [0.4, 0.5) is 5.69 Å². The Labute approximate surface area is 106 Å². The SMILES string of the molecule is CC1CCC(Nc2cn[nH]c(=O)c2Cl)CC1C. The average molecular weight is 256 g/mol. The molecular formula is C12H18ClN3O. The number of halogens is 1. The number of nitrogens with one attached hydrogen (secondary N) is 2. The quantitative estimate of drug-likeness (QED) is 0.854. The summed E-state index contributed by atoms with van der Waals surface area (Å²) in [7, 11) is 0. The van der Waals surface area contributed by atoms with E-state index in [2.05, 4.69) is 29.4 Å². The van der Waals surface area contributed by atoms with Crippen LogP contribution in [0.1, 0.15) is 33.1 Å². The minimum absolute atomic E-state index is 0.200. The molecule has 1 aliphatic carbocycles. The van der Waals surface area contributed by atoms with Crippen molar-refractivity contribution in [1.29, 1.82) is 0 Å². The van der Waals surface area contributed by atoms with E-state index in [1.54, 1.807) is 6.20 Å². The second-order valence-corrected chi connectivity index (χ2v) is 5.41. The zero-order valence-corrected chi connectivity index (χ0v) is 10.9. The third-order valence-corrected chi connectivity index (χ3v) is 4.13. The van der Waals surface area contributed by atoms with Crippen molar-refractivity contribution in [2.75, 3.05) is 5.32 Å². The first-order valence-corrected chi connectivity index (χ1v) is 6.45. The van der Waals surface area contributed by atoms with Gasteiger partial charge in [-0.15, -0.1) is 0 Å². The number of hydrogen-bond donors (Lipinski definition) is 2. The van der Waals surface area contributed by atoms with Crippen LogP contribution in [0, 0.1) is 11.8 Å². The van der Waals surface area contributed by atoms with Crippen molar-refractivity contribution in [3.63, 3.8) is 0 Å². The molecule has 0 aliphatic heterocycles. The molecule has 5 heteroatoms. The molecule has 3 atom stereocenters. The number of H-pyrrole nitrogens is 1. The highest BCUT2D eigenvalue weighted by Gasteiger charge is 2.24. The summed E-state index contributed by atoms with van der Waals surface area (Å²) in [4.78, 5) is 11.3. The Kier molecular flexibility index (Phi) is 3.72. The number of hydrogen-bond acceptors (Lipinski definition) is 3. The maximum absolute atomic E-state index is 11.3. The lowest BCUT2D eigenvalue weighted by atomic mass is 9.79. The van der Waals surface area contributed by atoms with Gasteiger partial charge >= 0.3 is 0 Å². The second kappa shape index (κ2) is 5.08. The van der Waals surface area contributed by atoms with E-state index in [1.165, 1.54) is 6.42 Å². The fourth-order valence-electron chi connectivity index (χ4n) is 2.38. The third kappa shape index (κ3) is 2.80. The Morgan fingerprint density at radius 2 is 2.18 bits per heavy atom. The molecule has 0 radical (unpaired) electrons. The highest BCUT2D eigenvalue weighted by Crippen LogP contribution is 2.31.